The number of benzene rings is 2. The Bertz CT molecular complexity index is 518. The molecule has 0 saturated heterocycles. The van der Waals surface area contributed by atoms with Crippen molar-refractivity contribution in [1.82, 2.24) is 0 Å². The topological polar surface area (TPSA) is 29.5 Å². The van der Waals surface area contributed by atoms with Gasteiger partial charge in [0, 0.05) is 0 Å². The summed E-state index contributed by atoms with van der Waals surface area (Å²) in [6, 6.07) is 13.6. The molecular formula is C15H16O2. The molecule has 0 aliphatic carbocycles. The molecule has 2 rings (SSSR count). The molecule has 2 aromatic rings. The zero-order valence-electron chi connectivity index (χ0n) is 10.1. The zero-order chi connectivity index (χ0) is 12.3. The van der Waals surface area contributed by atoms with Crippen LogP contribution in [0.3, 0.4) is 0 Å². The monoisotopic (exact) mass is 228 g/mol. The smallest absolute Gasteiger partial charge is 0.130 e. The minimum absolute atomic E-state index is 0.0610. The van der Waals surface area contributed by atoms with Gasteiger partial charge in [0.05, 0.1) is 6.61 Å². The van der Waals surface area contributed by atoms with Gasteiger partial charge in [-0.1, -0.05) is 30.3 Å². The molecule has 0 aliphatic heterocycles. The van der Waals surface area contributed by atoms with Crippen molar-refractivity contribution in [2.24, 2.45) is 0 Å². The molecule has 88 valence electrons. The van der Waals surface area contributed by atoms with E-state index in [0.717, 1.165) is 28.2 Å². The molecule has 0 bridgehead atoms. The fourth-order valence-corrected chi connectivity index (χ4v) is 1.71. The molecule has 0 spiro atoms. The first kappa shape index (κ1) is 11.7. The Balaban J connectivity index is 2.28. The van der Waals surface area contributed by atoms with E-state index in [2.05, 4.69) is 0 Å². The molecule has 17 heavy (non-hydrogen) atoms. The van der Waals surface area contributed by atoms with Crippen molar-refractivity contribution in [2.45, 2.75) is 20.5 Å². The summed E-state index contributed by atoms with van der Waals surface area (Å²) in [5.74, 6) is 1.70. The number of aliphatic hydroxyl groups is 1. The van der Waals surface area contributed by atoms with Crippen LogP contribution in [0.5, 0.6) is 11.5 Å². The largest absolute Gasteiger partial charge is 0.457 e. The summed E-state index contributed by atoms with van der Waals surface area (Å²) in [5, 5.41) is 9.05. The van der Waals surface area contributed by atoms with Gasteiger partial charge in [-0.05, 0) is 42.7 Å². The predicted octanol–water partition coefficient (Wildman–Crippen LogP) is 3.59. The van der Waals surface area contributed by atoms with Crippen LogP contribution >= 0.6 is 0 Å². The molecular weight excluding hydrogens is 212 g/mol. The number of aryl methyl sites for hydroxylation is 2. The lowest BCUT2D eigenvalue weighted by Crippen LogP contribution is -1.91. The van der Waals surface area contributed by atoms with Gasteiger partial charge >= 0.3 is 0 Å². The van der Waals surface area contributed by atoms with E-state index in [0.29, 0.717) is 0 Å². The Kier molecular flexibility index (Phi) is 3.45. The molecule has 0 amide bonds. The Labute approximate surface area is 101 Å². The second-order valence-corrected chi connectivity index (χ2v) is 4.13. The number of aliphatic hydroxyl groups excluding tert-OH is 1. The van der Waals surface area contributed by atoms with E-state index in [-0.39, 0.29) is 6.61 Å². The van der Waals surface area contributed by atoms with Crippen LogP contribution in [0, 0.1) is 13.8 Å². The Morgan fingerprint density at radius 1 is 0.941 bits per heavy atom. The van der Waals surface area contributed by atoms with Gasteiger partial charge in [-0.25, -0.2) is 0 Å². The van der Waals surface area contributed by atoms with Gasteiger partial charge in [-0.15, -0.1) is 0 Å². The SMILES string of the molecule is Cc1ccccc1Oc1ccc(CO)cc1C. The van der Waals surface area contributed by atoms with Crippen molar-refractivity contribution in [3.05, 3.63) is 59.2 Å². The summed E-state index contributed by atoms with van der Waals surface area (Å²) in [7, 11) is 0. The van der Waals surface area contributed by atoms with Gasteiger partial charge in [0.1, 0.15) is 11.5 Å². The molecule has 0 saturated carbocycles. The van der Waals surface area contributed by atoms with Gasteiger partial charge in [0.25, 0.3) is 0 Å². The Morgan fingerprint density at radius 2 is 1.65 bits per heavy atom. The van der Waals surface area contributed by atoms with Crippen LogP contribution in [0.1, 0.15) is 16.7 Å². The van der Waals surface area contributed by atoms with E-state index in [1.807, 2.05) is 56.3 Å². The maximum Gasteiger partial charge on any atom is 0.130 e. The van der Waals surface area contributed by atoms with E-state index in [9.17, 15) is 0 Å². The van der Waals surface area contributed by atoms with Crippen molar-refractivity contribution in [3.8, 4) is 11.5 Å². The molecule has 0 fully saturated rings. The van der Waals surface area contributed by atoms with Gasteiger partial charge in [-0.3, -0.25) is 0 Å². The average Bonchev–Trinajstić information content (AvgIpc) is 2.34. The van der Waals surface area contributed by atoms with E-state index in [1.165, 1.54) is 0 Å². The molecule has 0 unspecified atom stereocenters. The van der Waals surface area contributed by atoms with Gasteiger partial charge in [-0.2, -0.15) is 0 Å². The molecule has 0 aromatic heterocycles. The first-order valence-electron chi connectivity index (χ1n) is 5.64. The van der Waals surface area contributed by atoms with Crippen LogP contribution in [0.15, 0.2) is 42.5 Å². The van der Waals surface area contributed by atoms with E-state index in [1.54, 1.807) is 0 Å². The highest BCUT2D eigenvalue weighted by molar-refractivity contribution is 5.41. The fourth-order valence-electron chi connectivity index (χ4n) is 1.71. The molecule has 2 nitrogen and oxygen atoms in total. The number of hydrogen-bond donors (Lipinski definition) is 1. The molecule has 0 radical (unpaired) electrons. The number of rotatable bonds is 3. The maximum atomic E-state index is 9.05. The molecule has 0 atom stereocenters. The normalized spacial score (nSPS) is 10.3. The molecule has 0 aliphatic rings. The molecule has 1 N–H and O–H groups in total. The maximum absolute atomic E-state index is 9.05. The van der Waals surface area contributed by atoms with Crippen LogP contribution in [0.2, 0.25) is 0 Å². The minimum Gasteiger partial charge on any atom is -0.457 e. The van der Waals surface area contributed by atoms with Crippen LogP contribution in [0.25, 0.3) is 0 Å². The van der Waals surface area contributed by atoms with Gasteiger partial charge in [0.2, 0.25) is 0 Å². The third-order valence-electron chi connectivity index (χ3n) is 2.74. The summed E-state index contributed by atoms with van der Waals surface area (Å²) >= 11 is 0. The van der Waals surface area contributed by atoms with Crippen molar-refractivity contribution in [2.75, 3.05) is 0 Å². The second-order valence-electron chi connectivity index (χ2n) is 4.13. The van der Waals surface area contributed by atoms with Crippen LogP contribution in [0.4, 0.5) is 0 Å². The minimum atomic E-state index is 0.0610. The Hall–Kier alpha value is -1.80. The standard InChI is InChI=1S/C15H16O2/c1-11-5-3-4-6-14(11)17-15-8-7-13(10-16)9-12(15)2/h3-9,16H,10H2,1-2H3. The molecule has 2 aromatic carbocycles. The fraction of sp³-hybridized carbons (Fsp3) is 0.200. The zero-order valence-corrected chi connectivity index (χ0v) is 10.1. The molecule has 2 heteroatoms. The average molecular weight is 228 g/mol. The molecule has 0 heterocycles. The van der Waals surface area contributed by atoms with Crippen molar-refractivity contribution < 1.29 is 9.84 Å². The summed E-state index contributed by atoms with van der Waals surface area (Å²) in [6.45, 7) is 4.06. The van der Waals surface area contributed by atoms with Gasteiger partial charge in [0.15, 0.2) is 0 Å². The lowest BCUT2D eigenvalue weighted by molar-refractivity contribution is 0.281. The lowest BCUT2D eigenvalue weighted by atomic mass is 10.1. The quantitative estimate of drug-likeness (QED) is 0.870. The highest BCUT2D eigenvalue weighted by atomic mass is 16.5. The van der Waals surface area contributed by atoms with Crippen LogP contribution < -0.4 is 4.74 Å². The summed E-state index contributed by atoms with van der Waals surface area (Å²) in [4.78, 5) is 0. The van der Waals surface area contributed by atoms with E-state index >= 15 is 0 Å². The number of hydrogen-bond acceptors (Lipinski definition) is 2. The lowest BCUT2D eigenvalue weighted by Gasteiger charge is -2.11. The van der Waals surface area contributed by atoms with E-state index in [4.69, 9.17) is 9.84 Å². The second kappa shape index (κ2) is 5.02. The predicted molar refractivity (Wildman–Crippen MR) is 68.4 cm³/mol. The number of para-hydroxylation sites is 1. The van der Waals surface area contributed by atoms with Crippen molar-refractivity contribution >= 4 is 0 Å². The Morgan fingerprint density at radius 3 is 2.29 bits per heavy atom. The van der Waals surface area contributed by atoms with Crippen LogP contribution in [-0.2, 0) is 6.61 Å². The highest BCUT2D eigenvalue weighted by Gasteiger charge is 2.04. The summed E-state index contributed by atoms with van der Waals surface area (Å²) in [5.41, 5.74) is 3.04. The van der Waals surface area contributed by atoms with Crippen molar-refractivity contribution in [3.63, 3.8) is 0 Å². The van der Waals surface area contributed by atoms with Crippen molar-refractivity contribution in [1.29, 1.82) is 0 Å². The highest BCUT2D eigenvalue weighted by Crippen LogP contribution is 2.27. The number of ether oxygens (including phenoxy) is 1. The van der Waals surface area contributed by atoms with Gasteiger partial charge < -0.3 is 9.84 Å². The van der Waals surface area contributed by atoms with E-state index < -0.39 is 0 Å². The third-order valence-corrected chi connectivity index (χ3v) is 2.74. The van der Waals surface area contributed by atoms with Crippen LogP contribution in [-0.4, -0.2) is 5.11 Å². The first-order chi connectivity index (χ1) is 8.20. The third kappa shape index (κ3) is 2.66. The summed E-state index contributed by atoms with van der Waals surface area (Å²) in [6.07, 6.45) is 0. The summed E-state index contributed by atoms with van der Waals surface area (Å²) < 4.78 is 5.86. The first-order valence-corrected chi connectivity index (χ1v) is 5.64.